The first-order chi connectivity index (χ1) is 7.27. The zero-order chi connectivity index (χ0) is 10.7. The van der Waals surface area contributed by atoms with Crippen LogP contribution in [0.25, 0.3) is 0 Å². The minimum Gasteiger partial charge on any atom is -0.469 e. The summed E-state index contributed by atoms with van der Waals surface area (Å²) in [4.78, 5) is 0. The van der Waals surface area contributed by atoms with Crippen molar-refractivity contribution >= 4 is 11.6 Å². The lowest BCUT2D eigenvalue weighted by Gasteiger charge is -2.10. The van der Waals surface area contributed by atoms with Crippen molar-refractivity contribution in [3.8, 4) is 0 Å². The average Bonchev–Trinajstić information content (AvgIpc) is 2.71. The molecule has 0 aliphatic heterocycles. The monoisotopic (exact) mass is 222 g/mol. The van der Waals surface area contributed by atoms with Gasteiger partial charge in [0.05, 0.1) is 12.4 Å². The molecule has 2 aromatic rings. The van der Waals surface area contributed by atoms with Crippen LogP contribution in [0.2, 0.25) is 5.02 Å². The molecule has 0 fully saturated rings. The van der Waals surface area contributed by atoms with Gasteiger partial charge in [-0.1, -0.05) is 29.8 Å². The highest BCUT2D eigenvalue weighted by Crippen LogP contribution is 2.25. The molecule has 1 heterocycles. The van der Waals surface area contributed by atoms with E-state index < -0.39 is 6.10 Å². The van der Waals surface area contributed by atoms with Gasteiger partial charge in [-0.2, -0.15) is 0 Å². The predicted molar refractivity (Wildman–Crippen MR) is 58.8 cm³/mol. The van der Waals surface area contributed by atoms with Crippen molar-refractivity contribution in [2.45, 2.75) is 12.5 Å². The summed E-state index contributed by atoms with van der Waals surface area (Å²) in [5, 5.41) is 10.5. The maximum Gasteiger partial charge on any atom is 0.106 e. The predicted octanol–water partition coefficient (Wildman–Crippen LogP) is 3.21. The number of halogens is 1. The summed E-state index contributed by atoms with van der Waals surface area (Å²) in [7, 11) is 0. The summed E-state index contributed by atoms with van der Waals surface area (Å²) >= 11 is 5.97. The molecule has 0 aliphatic rings. The number of aliphatic hydroxyl groups excluding tert-OH is 1. The molecule has 0 bridgehead atoms. The summed E-state index contributed by atoms with van der Waals surface area (Å²) < 4.78 is 5.16. The summed E-state index contributed by atoms with van der Waals surface area (Å²) in [5.41, 5.74) is 0.732. The van der Waals surface area contributed by atoms with Crippen LogP contribution in [-0.4, -0.2) is 5.11 Å². The Balaban J connectivity index is 2.15. The zero-order valence-corrected chi connectivity index (χ0v) is 8.82. The van der Waals surface area contributed by atoms with Gasteiger partial charge in [0.1, 0.15) is 5.76 Å². The van der Waals surface area contributed by atoms with Crippen molar-refractivity contribution < 1.29 is 9.52 Å². The van der Waals surface area contributed by atoms with Crippen LogP contribution in [-0.2, 0) is 6.42 Å². The molecule has 0 saturated heterocycles. The van der Waals surface area contributed by atoms with Crippen molar-refractivity contribution in [2.24, 2.45) is 0 Å². The lowest BCUT2D eigenvalue weighted by molar-refractivity contribution is 0.170. The lowest BCUT2D eigenvalue weighted by Crippen LogP contribution is -2.01. The van der Waals surface area contributed by atoms with Gasteiger partial charge in [0.2, 0.25) is 0 Å². The van der Waals surface area contributed by atoms with Crippen molar-refractivity contribution in [3.05, 3.63) is 59.0 Å². The van der Waals surface area contributed by atoms with E-state index >= 15 is 0 Å². The second-order valence-electron chi connectivity index (χ2n) is 3.32. The number of benzene rings is 1. The Morgan fingerprint density at radius 3 is 2.67 bits per heavy atom. The van der Waals surface area contributed by atoms with Gasteiger partial charge >= 0.3 is 0 Å². The molecule has 0 radical (unpaired) electrons. The van der Waals surface area contributed by atoms with E-state index in [9.17, 15) is 5.11 Å². The van der Waals surface area contributed by atoms with Crippen LogP contribution in [0.4, 0.5) is 0 Å². The third-order valence-electron chi connectivity index (χ3n) is 2.24. The SMILES string of the molecule is OC(Cc1ccco1)c1ccccc1Cl. The summed E-state index contributed by atoms with van der Waals surface area (Å²) in [6.07, 6.45) is 1.41. The summed E-state index contributed by atoms with van der Waals surface area (Å²) in [6.45, 7) is 0. The largest absolute Gasteiger partial charge is 0.469 e. The number of furan rings is 1. The van der Waals surface area contributed by atoms with Crippen LogP contribution >= 0.6 is 11.6 Å². The molecule has 0 spiro atoms. The molecule has 0 aliphatic carbocycles. The first-order valence-electron chi connectivity index (χ1n) is 4.72. The molecule has 3 heteroatoms. The van der Waals surface area contributed by atoms with Gasteiger partial charge in [-0.3, -0.25) is 0 Å². The first-order valence-corrected chi connectivity index (χ1v) is 5.10. The molecular formula is C12H11ClO2. The highest BCUT2D eigenvalue weighted by molar-refractivity contribution is 6.31. The molecule has 1 unspecified atom stereocenters. The van der Waals surface area contributed by atoms with E-state index in [-0.39, 0.29) is 0 Å². The maximum atomic E-state index is 9.93. The second kappa shape index (κ2) is 4.51. The average molecular weight is 223 g/mol. The Morgan fingerprint density at radius 1 is 1.20 bits per heavy atom. The van der Waals surface area contributed by atoms with Crippen molar-refractivity contribution in [3.63, 3.8) is 0 Å². The maximum absolute atomic E-state index is 9.93. The first kappa shape index (κ1) is 10.3. The molecule has 2 rings (SSSR count). The highest BCUT2D eigenvalue weighted by atomic mass is 35.5. The van der Waals surface area contributed by atoms with Crippen molar-refractivity contribution in [1.29, 1.82) is 0 Å². The van der Waals surface area contributed by atoms with Gasteiger partial charge in [-0.25, -0.2) is 0 Å². The number of hydrogen-bond donors (Lipinski definition) is 1. The number of rotatable bonds is 3. The van der Waals surface area contributed by atoms with E-state index in [0.717, 1.165) is 11.3 Å². The molecule has 0 saturated carbocycles. The topological polar surface area (TPSA) is 33.4 Å². The fourth-order valence-corrected chi connectivity index (χ4v) is 1.74. The lowest BCUT2D eigenvalue weighted by atomic mass is 10.1. The molecule has 1 aromatic heterocycles. The van der Waals surface area contributed by atoms with Gasteiger partial charge < -0.3 is 9.52 Å². The van der Waals surface area contributed by atoms with E-state index in [0.29, 0.717) is 11.4 Å². The molecule has 2 nitrogen and oxygen atoms in total. The Hall–Kier alpha value is -1.25. The molecular weight excluding hydrogens is 212 g/mol. The van der Waals surface area contributed by atoms with E-state index in [4.69, 9.17) is 16.0 Å². The smallest absolute Gasteiger partial charge is 0.106 e. The second-order valence-corrected chi connectivity index (χ2v) is 3.73. The van der Waals surface area contributed by atoms with E-state index in [1.54, 1.807) is 18.4 Å². The molecule has 78 valence electrons. The van der Waals surface area contributed by atoms with Crippen LogP contribution in [0.1, 0.15) is 17.4 Å². The van der Waals surface area contributed by atoms with Gasteiger partial charge in [-0.05, 0) is 23.8 Å². The molecule has 1 atom stereocenters. The third-order valence-corrected chi connectivity index (χ3v) is 2.58. The van der Waals surface area contributed by atoms with E-state index in [1.807, 2.05) is 24.3 Å². The minimum absolute atomic E-state index is 0.441. The highest BCUT2D eigenvalue weighted by Gasteiger charge is 2.12. The van der Waals surface area contributed by atoms with Crippen molar-refractivity contribution in [1.82, 2.24) is 0 Å². The fourth-order valence-electron chi connectivity index (χ4n) is 1.47. The van der Waals surface area contributed by atoms with Gasteiger partial charge in [-0.15, -0.1) is 0 Å². The van der Waals surface area contributed by atoms with Crippen LogP contribution in [0, 0.1) is 0 Å². The zero-order valence-electron chi connectivity index (χ0n) is 8.06. The fraction of sp³-hybridized carbons (Fsp3) is 0.167. The standard InChI is InChI=1S/C12H11ClO2/c13-11-6-2-1-5-10(11)12(14)8-9-4-3-7-15-9/h1-7,12,14H,8H2. The Labute approximate surface area is 93.1 Å². The van der Waals surface area contributed by atoms with Gasteiger partial charge in [0.25, 0.3) is 0 Å². The van der Waals surface area contributed by atoms with Crippen LogP contribution in [0.5, 0.6) is 0 Å². The third kappa shape index (κ3) is 2.41. The van der Waals surface area contributed by atoms with Gasteiger partial charge in [0.15, 0.2) is 0 Å². The minimum atomic E-state index is -0.621. The van der Waals surface area contributed by atoms with Crippen LogP contribution < -0.4 is 0 Å². The molecule has 1 aromatic carbocycles. The normalized spacial score (nSPS) is 12.7. The summed E-state index contributed by atoms with van der Waals surface area (Å²) in [6, 6.07) is 10.9. The molecule has 15 heavy (non-hydrogen) atoms. The van der Waals surface area contributed by atoms with Gasteiger partial charge in [0, 0.05) is 11.4 Å². The van der Waals surface area contributed by atoms with Crippen LogP contribution in [0.3, 0.4) is 0 Å². The van der Waals surface area contributed by atoms with Crippen LogP contribution in [0.15, 0.2) is 47.1 Å². The number of aliphatic hydroxyl groups is 1. The summed E-state index contributed by atoms with van der Waals surface area (Å²) in [5.74, 6) is 0.752. The Morgan fingerprint density at radius 2 is 2.00 bits per heavy atom. The molecule has 1 N–H and O–H groups in total. The van der Waals surface area contributed by atoms with E-state index in [2.05, 4.69) is 0 Å². The molecule has 0 amide bonds. The Bertz CT molecular complexity index is 423. The van der Waals surface area contributed by atoms with Crippen molar-refractivity contribution in [2.75, 3.05) is 0 Å². The Kier molecular flexibility index (Phi) is 3.09. The number of hydrogen-bond acceptors (Lipinski definition) is 2. The van der Waals surface area contributed by atoms with E-state index in [1.165, 1.54) is 0 Å². The quantitative estimate of drug-likeness (QED) is 0.865.